The summed E-state index contributed by atoms with van der Waals surface area (Å²) in [4.78, 5) is 0. The molecule has 0 aliphatic carbocycles. The van der Waals surface area contributed by atoms with Crippen molar-refractivity contribution in [3.8, 4) is 0 Å². The van der Waals surface area contributed by atoms with Crippen molar-refractivity contribution in [2.45, 2.75) is 20.3 Å². The van der Waals surface area contributed by atoms with Crippen molar-refractivity contribution in [3.63, 3.8) is 0 Å². The van der Waals surface area contributed by atoms with E-state index in [9.17, 15) is 0 Å². The SMILES string of the molecule is C=CCC(C)(C)C=NN. The van der Waals surface area contributed by atoms with Crippen molar-refractivity contribution >= 4 is 6.21 Å². The van der Waals surface area contributed by atoms with Crippen LogP contribution in [0.4, 0.5) is 0 Å². The zero-order valence-electron chi connectivity index (χ0n) is 6.09. The maximum Gasteiger partial charge on any atom is 0.0299 e. The summed E-state index contributed by atoms with van der Waals surface area (Å²) in [5, 5.41) is 3.45. The van der Waals surface area contributed by atoms with Gasteiger partial charge in [-0.25, -0.2) is 0 Å². The highest BCUT2D eigenvalue weighted by atomic mass is 15.1. The predicted octanol–water partition coefficient (Wildman–Crippen LogP) is 1.53. The van der Waals surface area contributed by atoms with Gasteiger partial charge in [-0.15, -0.1) is 6.58 Å². The van der Waals surface area contributed by atoms with Crippen LogP contribution in [-0.4, -0.2) is 6.21 Å². The molecule has 0 bridgehead atoms. The Labute approximate surface area is 56.4 Å². The van der Waals surface area contributed by atoms with Crippen LogP contribution >= 0.6 is 0 Å². The molecule has 2 N–H and O–H groups in total. The molecule has 0 aliphatic rings. The van der Waals surface area contributed by atoms with E-state index < -0.39 is 0 Å². The predicted molar refractivity (Wildman–Crippen MR) is 41.3 cm³/mol. The van der Waals surface area contributed by atoms with Crippen LogP contribution in [0, 0.1) is 5.41 Å². The van der Waals surface area contributed by atoms with Crippen molar-refractivity contribution in [2.24, 2.45) is 16.4 Å². The van der Waals surface area contributed by atoms with E-state index in [0.717, 1.165) is 6.42 Å². The van der Waals surface area contributed by atoms with E-state index in [1.54, 1.807) is 6.21 Å². The number of nitrogens with zero attached hydrogens (tertiary/aromatic N) is 1. The van der Waals surface area contributed by atoms with E-state index in [1.807, 2.05) is 6.08 Å². The van der Waals surface area contributed by atoms with Crippen LogP contribution in [-0.2, 0) is 0 Å². The van der Waals surface area contributed by atoms with Crippen molar-refractivity contribution in [3.05, 3.63) is 12.7 Å². The first-order valence-electron chi connectivity index (χ1n) is 2.98. The third kappa shape index (κ3) is 3.76. The lowest BCUT2D eigenvalue weighted by Crippen LogP contribution is -2.12. The Kier molecular flexibility index (Phi) is 2.99. The van der Waals surface area contributed by atoms with E-state index in [-0.39, 0.29) is 5.41 Å². The first-order valence-corrected chi connectivity index (χ1v) is 2.98. The molecule has 0 spiro atoms. The summed E-state index contributed by atoms with van der Waals surface area (Å²) in [5.41, 5.74) is 0.0660. The molecule has 0 aromatic heterocycles. The van der Waals surface area contributed by atoms with E-state index in [0.29, 0.717) is 0 Å². The van der Waals surface area contributed by atoms with Gasteiger partial charge in [0.2, 0.25) is 0 Å². The molecule has 0 rings (SSSR count). The molecule has 0 saturated carbocycles. The number of hydrogen-bond donors (Lipinski definition) is 1. The quantitative estimate of drug-likeness (QED) is 0.265. The number of nitrogens with two attached hydrogens (primary N) is 1. The third-order valence-corrected chi connectivity index (χ3v) is 1.09. The Hall–Kier alpha value is -0.790. The van der Waals surface area contributed by atoms with E-state index >= 15 is 0 Å². The van der Waals surface area contributed by atoms with Crippen LogP contribution in [0.15, 0.2) is 17.8 Å². The maximum absolute atomic E-state index is 4.98. The lowest BCUT2D eigenvalue weighted by Gasteiger charge is -2.14. The second-order valence-electron chi connectivity index (χ2n) is 2.76. The molecule has 0 radical (unpaired) electrons. The van der Waals surface area contributed by atoms with E-state index in [2.05, 4.69) is 25.5 Å². The molecule has 9 heavy (non-hydrogen) atoms. The van der Waals surface area contributed by atoms with Crippen molar-refractivity contribution in [2.75, 3.05) is 0 Å². The summed E-state index contributed by atoms with van der Waals surface area (Å²) in [6.07, 6.45) is 4.50. The molecule has 0 unspecified atom stereocenters. The van der Waals surface area contributed by atoms with Gasteiger partial charge in [-0.3, -0.25) is 0 Å². The molecule has 0 heterocycles. The minimum absolute atomic E-state index is 0.0660. The summed E-state index contributed by atoms with van der Waals surface area (Å²) in [7, 11) is 0. The summed E-state index contributed by atoms with van der Waals surface area (Å²) in [5.74, 6) is 4.98. The van der Waals surface area contributed by atoms with Gasteiger partial charge >= 0.3 is 0 Å². The van der Waals surface area contributed by atoms with Gasteiger partial charge in [0.1, 0.15) is 0 Å². The average molecular weight is 126 g/mol. The van der Waals surface area contributed by atoms with E-state index in [1.165, 1.54) is 0 Å². The summed E-state index contributed by atoms with van der Waals surface area (Å²) in [6.45, 7) is 7.75. The highest BCUT2D eigenvalue weighted by Crippen LogP contribution is 2.16. The smallest absolute Gasteiger partial charge is 0.0299 e. The number of hydrazone groups is 1. The van der Waals surface area contributed by atoms with Gasteiger partial charge < -0.3 is 5.84 Å². The molecular weight excluding hydrogens is 112 g/mol. The normalized spacial score (nSPS) is 12.2. The second-order valence-corrected chi connectivity index (χ2v) is 2.76. The Morgan fingerprint density at radius 2 is 2.22 bits per heavy atom. The van der Waals surface area contributed by atoms with Crippen LogP contribution in [0.1, 0.15) is 20.3 Å². The van der Waals surface area contributed by atoms with Crippen LogP contribution in [0.3, 0.4) is 0 Å². The molecule has 0 saturated heterocycles. The van der Waals surface area contributed by atoms with Gasteiger partial charge in [0.05, 0.1) is 0 Å². The zero-order chi connectivity index (χ0) is 7.33. The minimum atomic E-state index is 0.0660. The fourth-order valence-corrected chi connectivity index (χ4v) is 0.626. The van der Waals surface area contributed by atoms with Gasteiger partial charge in [-0.2, -0.15) is 5.10 Å². The molecule has 0 aromatic rings. The highest BCUT2D eigenvalue weighted by Gasteiger charge is 2.11. The molecule has 0 aromatic carbocycles. The molecule has 2 nitrogen and oxygen atoms in total. The molecule has 0 amide bonds. The Morgan fingerprint density at radius 1 is 1.67 bits per heavy atom. The number of rotatable bonds is 3. The van der Waals surface area contributed by atoms with Crippen LogP contribution < -0.4 is 5.84 Å². The fraction of sp³-hybridized carbons (Fsp3) is 0.571. The number of allylic oxidation sites excluding steroid dienone is 1. The lowest BCUT2D eigenvalue weighted by molar-refractivity contribution is 0.545. The van der Waals surface area contributed by atoms with Gasteiger partial charge in [0, 0.05) is 11.6 Å². The molecule has 2 heteroatoms. The minimum Gasteiger partial charge on any atom is -0.324 e. The van der Waals surface area contributed by atoms with Gasteiger partial charge in [-0.1, -0.05) is 19.9 Å². The summed E-state index contributed by atoms with van der Waals surface area (Å²) >= 11 is 0. The topological polar surface area (TPSA) is 38.4 Å². The van der Waals surface area contributed by atoms with Crippen molar-refractivity contribution in [1.29, 1.82) is 0 Å². The molecule has 0 atom stereocenters. The van der Waals surface area contributed by atoms with Gasteiger partial charge in [0.15, 0.2) is 0 Å². The molecule has 0 fully saturated rings. The van der Waals surface area contributed by atoms with Gasteiger partial charge in [0.25, 0.3) is 0 Å². The van der Waals surface area contributed by atoms with Crippen LogP contribution in [0.25, 0.3) is 0 Å². The second kappa shape index (κ2) is 3.28. The molecule has 52 valence electrons. The Morgan fingerprint density at radius 3 is 2.56 bits per heavy atom. The third-order valence-electron chi connectivity index (χ3n) is 1.09. The first-order chi connectivity index (χ1) is 4.12. The number of hydrogen-bond acceptors (Lipinski definition) is 2. The molecule has 0 aliphatic heterocycles. The summed E-state index contributed by atoms with van der Waals surface area (Å²) in [6, 6.07) is 0. The Bertz CT molecular complexity index is 114. The fourth-order valence-electron chi connectivity index (χ4n) is 0.626. The zero-order valence-corrected chi connectivity index (χ0v) is 6.09. The van der Waals surface area contributed by atoms with Crippen LogP contribution in [0.2, 0.25) is 0 Å². The van der Waals surface area contributed by atoms with E-state index in [4.69, 9.17) is 5.84 Å². The monoisotopic (exact) mass is 126 g/mol. The first kappa shape index (κ1) is 8.21. The maximum atomic E-state index is 4.98. The Balaban J connectivity index is 3.84. The summed E-state index contributed by atoms with van der Waals surface area (Å²) < 4.78 is 0. The van der Waals surface area contributed by atoms with Gasteiger partial charge in [-0.05, 0) is 6.42 Å². The average Bonchev–Trinajstić information content (AvgIpc) is 1.64. The standard InChI is InChI=1S/C7H14N2/c1-4-5-7(2,3)6-9-8/h4,6H,1,5,8H2,2-3H3. The largest absolute Gasteiger partial charge is 0.324 e. The van der Waals surface area contributed by atoms with Crippen LogP contribution in [0.5, 0.6) is 0 Å². The molecular formula is C7H14N2. The van der Waals surface area contributed by atoms with Crippen molar-refractivity contribution in [1.82, 2.24) is 0 Å². The van der Waals surface area contributed by atoms with Crippen molar-refractivity contribution < 1.29 is 0 Å². The highest BCUT2D eigenvalue weighted by molar-refractivity contribution is 5.64. The lowest BCUT2D eigenvalue weighted by atomic mass is 9.91.